The topological polar surface area (TPSA) is 68.1 Å². The molecule has 3 aromatic rings. The summed E-state index contributed by atoms with van der Waals surface area (Å²) in [7, 11) is -3.13. The van der Waals surface area contributed by atoms with Gasteiger partial charge in [0.05, 0.1) is 23.5 Å². The molecule has 0 amide bonds. The molecule has 7 heteroatoms. The lowest BCUT2D eigenvalue weighted by Crippen LogP contribution is -2.46. The second-order valence-corrected chi connectivity index (χ2v) is 9.15. The van der Waals surface area contributed by atoms with Crippen LogP contribution in [0.2, 0.25) is 0 Å². The van der Waals surface area contributed by atoms with Crippen LogP contribution >= 0.6 is 0 Å². The highest BCUT2D eigenvalue weighted by Gasteiger charge is 2.36. The monoisotopic (exact) mass is 358 g/mol. The van der Waals surface area contributed by atoms with Crippen molar-refractivity contribution < 1.29 is 8.42 Å². The van der Waals surface area contributed by atoms with E-state index in [-0.39, 0.29) is 5.54 Å². The Balaban J connectivity index is 1.87. The van der Waals surface area contributed by atoms with Crippen LogP contribution in [0.25, 0.3) is 21.9 Å². The van der Waals surface area contributed by atoms with Crippen LogP contribution in [-0.2, 0) is 15.6 Å². The number of sulfonamides is 1. The van der Waals surface area contributed by atoms with E-state index in [0.717, 1.165) is 40.6 Å². The molecule has 0 unspecified atom stereocenters. The molecule has 25 heavy (non-hydrogen) atoms. The summed E-state index contributed by atoms with van der Waals surface area (Å²) in [4.78, 5) is 9.23. The summed E-state index contributed by atoms with van der Waals surface area (Å²) in [5, 5.41) is 1.09. The Morgan fingerprint density at radius 2 is 1.80 bits per heavy atom. The van der Waals surface area contributed by atoms with Gasteiger partial charge in [0.15, 0.2) is 0 Å². The van der Waals surface area contributed by atoms with Gasteiger partial charge in [-0.1, -0.05) is 18.2 Å². The van der Waals surface area contributed by atoms with E-state index in [1.807, 2.05) is 31.3 Å². The van der Waals surface area contributed by atoms with E-state index in [1.165, 1.54) is 6.26 Å². The molecule has 1 aliphatic rings. The summed E-state index contributed by atoms with van der Waals surface area (Å²) in [5.74, 6) is 0.948. The van der Waals surface area contributed by atoms with Crippen LogP contribution in [0.4, 0.5) is 0 Å². The summed E-state index contributed by atoms with van der Waals surface area (Å²) in [5.41, 5.74) is 2.78. The zero-order chi connectivity index (χ0) is 17.8. The van der Waals surface area contributed by atoms with Crippen LogP contribution in [0.5, 0.6) is 0 Å². The van der Waals surface area contributed by atoms with Gasteiger partial charge >= 0.3 is 0 Å². The van der Waals surface area contributed by atoms with Gasteiger partial charge in [0, 0.05) is 24.0 Å². The van der Waals surface area contributed by atoms with Crippen LogP contribution < -0.4 is 0 Å². The predicted molar refractivity (Wildman–Crippen MR) is 99.1 cm³/mol. The molecule has 3 heterocycles. The molecule has 0 saturated carbocycles. The largest absolute Gasteiger partial charge is 0.322 e. The number of rotatable bonds is 2. The third-order valence-corrected chi connectivity index (χ3v) is 6.67. The molecule has 1 aliphatic heterocycles. The molecule has 132 valence electrons. The van der Waals surface area contributed by atoms with Gasteiger partial charge < -0.3 is 4.57 Å². The van der Waals surface area contributed by atoms with Crippen molar-refractivity contribution in [3.63, 3.8) is 0 Å². The van der Waals surface area contributed by atoms with E-state index in [4.69, 9.17) is 4.98 Å². The molecule has 6 nitrogen and oxygen atoms in total. The highest BCUT2D eigenvalue weighted by Crippen LogP contribution is 2.36. The van der Waals surface area contributed by atoms with Gasteiger partial charge in [-0.25, -0.2) is 17.7 Å². The first-order valence-electron chi connectivity index (χ1n) is 8.48. The number of hydrogen-bond acceptors (Lipinski definition) is 4. The minimum Gasteiger partial charge on any atom is -0.322 e. The average Bonchev–Trinajstić information content (AvgIpc) is 2.91. The highest BCUT2D eigenvalue weighted by molar-refractivity contribution is 7.88. The number of aryl methyl sites for hydroxylation is 1. The zero-order valence-electron chi connectivity index (χ0n) is 14.7. The molecular formula is C18H22N4O2S. The van der Waals surface area contributed by atoms with Gasteiger partial charge in [-0.3, -0.25) is 4.98 Å². The van der Waals surface area contributed by atoms with Crippen LogP contribution in [-0.4, -0.2) is 46.6 Å². The second kappa shape index (κ2) is 5.51. The number of nitrogens with zero attached hydrogens (tertiary/aromatic N) is 4. The van der Waals surface area contributed by atoms with Gasteiger partial charge in [-0.2, -0.15) is 0 Å². The van der Waals surface area contributed by atoms with Crippen molar-refractivity contribution >= 4 is 32.0 Å². The Kier molecular flexibility index (Phi) is 3.63. The Morgan fingerprint density at radius 3 is 2.48 bits per heavy atom. The van der Waals surface area contributed by atoms with Crippen molar-refractivity contribution in [3.05, 3.63) is 36.3 Å². The number of hydrogen-bond donors (Lipinski definition) is 0. The molecule has 1 aromatic carbocycles. The quantitative estimate of drug-likeness (QED) is 0.706. The maximum absolute atomic E-state index is 11.8. The fourth-order valence-electron chi connectivity index (χ4n) is 4.00. The average molecular weight is 358 g/mol. The summed E-state index contributed by atoms with van der Waals surface area (Å²) >= 11 is 0. The third kappa shape index (κ3) is 2.62. The van der Waals surface area contributed by atoms with E-state index < -0.39 is 10.0 Å². The molecule has 0 N–H and O–H groups in total. The van der Waals surface area contributed by atoms with Crippen molar-refractivity contribution in [2.45, 2.75) is 32.2 Å². The first-order chi connectivity index (χ1) is 11.8. The predicted octanol–water partition coefficient (Wildman–Crippen LogP) is 2.66. The third-order valence-electron chi connectivity index (χ3n) is 5.37. The maximum atomic E-state index is 11.8. The van der Waals surface area contributed by atoms with E-state index >= 15 is 0 Å². The lowest BCUT2D eigenvalue weighted by atomic mass is 9.89. The zero-order valence-corrected chi connectivity index (χ0v) is 15.5. The highest BCUT2D eigenvalue weighted by atomic mass is 32.2. The number of aromatic nitrogens is 3. The van der Waals surface area contributed by atoms with Crippen molar-refractivity contribution in [2.75, 3.05) is 19.3 Å². The lowest BCUT2D eigenvalue weighted by Gasteiger charge is -2.40. The molecular weight excluding hydrogens is 336 g/mol. The number of para-hydroxylation sites is 1. The molecule has 1 saturated heterocycles. The van der Waals surface area contributed by atoms with Gasteiger partial charge in [0.25, 0.3) is 0 Å². The number of benzene rings is 1. The van der Waals surface area contributed by atoms with Gasteiger partial charge in [-0.05, 0) is 32.8 Å². The molecule has 0 spiro atoms. The number of fused-ring (bicyclic) bond motifs is 3. The molecule has 0 atom stereocenters. The van der Waals surface area contributed by atoms with Gasteiger partial charge in [0.1, 0.15) is 11.3 Å². The Hall–Kier alpha value is -1.99. The van der Waals surface area contributed by atoms with Crippen molar-refractivity contribution in [1.82, 2.24) is 18.8 Å². The van der Waals surface area contributed by atoms with Crippen LogP contribution in [0.3, 0.4) is 0 Å². The van der Waals surface area contributed by atoms with Gasteiger partial charge in [0.2, 0.25) is 10.0 Å². The fourth-order valence-corrected chi connectivity index (χ4v) is 4.85. The first-order valence-corrected chi connectivity index (χ1v) is 10.3. The Bertz CT molecular complexity index is 1060. The van der Waals surface area contributed by atoms with E-state index in [2.05, 4.69) is 22.5 Å². The molecule has 4 rings (SSSR count). The SMILES string of the molecule is Cc1nc2cnc3ccccc3c2n1C1(C)CCN(S(C)(=O)=O)CC1. The summed E-state index contributed by atoms with van der Waals surface area (Å²) in [6, 6.07) is 8.10. The van der Waals surface area contributed by atoms with E-state index in [9.17, 15) is 8.42 Å². The first kappa shape index (κ1) is 16.5. The minimum atomic E-state index is -3.13. The van der Waals surface area contributed by atoms with Crippen LogP contribution in [0, 0.1) is 6.92 Å². The summed E-state index contributed by atoms with van der Waals surface area (Å²) < 4.78 is 27.5. The van der Waals surface area contributed by atoms with Crippen LogP contribution in [0.15, 0.2) is 30.5 Å². The second-order valence-electron chi connectivity index (χ2n) is 7.16. The Morgan fingerprint density at radius 1 is 1.12 bits per heavy atom. The van der Waals surface area contributed by atoms with Crippen molar-refractivity contribution in [1.29, 1.82) is 0 Å². The summed E-state index contributed by atoms with van der Waals surface area (Å²) in [6.07, 6.45) is 4.65. The molecule has 2 aromatic heterocycles. The van der Waals surface area contributed by atoms with Crippen LogP contribution in [0.1, 0.15) is 25.6 Å². The standard InChI is InChI=1S/C18H22N4O2S/c1-13-20-16-12-19-15-7-5-4-6-14(15)17(16)22(13)18(2)8-10-21(11-9-18)25(3,23)24/h4-7,12H,8-11H2,1-3H3. The number of imidazole rings is 1. The van der Waals surface area contributed by atoms with E-state index in [0.29, 0.717) is 13.1 Å². The molecule has 0 bridgehead atoms. The normalized spacial score (nSPS) is 18.8. The summed E-state index contributed by atoms with van der Waals surface area (Å²) in [6.45, 7) is 5.30. The smallest absolute Gasteiger partial charge is 0.211 e. The number of piperidine rings is 1. The van der Waals surface area contributed by atoms with Crippen molar-refractivity contribution in [3.8, 4) is 0 Å². The maximum Gasteiger partial charge on any atom is 0.211 e. The van der Waals surface area contributed by atoms with E-state index in [1.54, 1.807) is 4.31 Å². The molecule has 1 fully saturated rings. The minimum absolute atomic E-state index is 0.163. The molecule has 0 radical (unpaired) electrons. The van der Waals surface area contributed by atoms with Crippen molar-refractivity contribution in [2.24, 2.45) is 0 Å². The molecule has 0 aliphatic carbocycles. The van der Waals surface area contributed by atoms with Gasteiger partial charge in [-0.15, -0.1) is 0 Å². The lowest BCUT2D eigenvalue weighted by molar-refractivity contribution is 0.182. The fraction of sp³-hybridized carbons (Fsp3) is 0.444. The Labute approximate surface area is 147 Å². The number of pyridine rings is 1.